The van der Waals surface area contributed by atoms with E-state index in [1.807, 2.05) is 12.3 Å². The van der Waals surface area contributed by atoms with Crippen molar-refractivity contribution in [3.8, 4) is 11.8 Å². The summed E-state index contributed by atoms with van der Waals surface area (Å²) >= 11 is 0. The first-order valence-electron chi connectivity index (χ1n) is 5.88. The van der Waals surface area contributed by atoms with Gasteiger partial charge in [0.2, 0.25) is 0 Å². The molecular formula is C16H17N. The predicted octanol–water partition coefficient (Wildman–Crippen LogP) is 3.83. The molecule has 0 fully saturated rings. The van der Waals surface area contributed by atoms with Crippen LogP contribution in [-0.4, -0.2) is 4.98 Å². The second kappa shape index (κ2) is 4.59. The van der Waals surface area contributed by atoms with E-state index in [1.54, 1.807) is 0 Å². The fraction of sp³-hybridized carbons (Fsp3) is 0.312. The van der Waals surface area contributed by atoms with Crippen molar-refractivity contribution in [3.05, 3.63) is 42.1 Å². The van der Waals surface area contributed by atoms with Crippen LogP contribution in [0, 0.1) is 17.3 Å². The fourth-order valence-corrected chi connectivity index (χ4v) is 1.65. The molecule has 17 heavy (non-hydrogen) atoms. The van der Waals surface area contributed by atoms with Gasteiger partial charge in [0, 0.05) is 23.4 Å². The summed E-state index contributed by atoms with van der Waals surface area (Å²) in [6, 6.07) is 10.4. The van der Waals surface area contributed by atoms with Crippen LogP contribution in [0.2, 0.25) is 0 Å². The molecule has 0 saturated carbocycles. The maximum Gasteiger partial charge on any atom is 0.0702 e. The van der Waals surface area contributed by atoms with Crippen LogP contribution in [0.4, 0.5) is 0 Å². The average Bonchev–Trinajstić information content (AvgIpc) is 2.27. The Morgan fingerprint density at radius 2 is 2.00 bits per heavy atom. The van der Waals surface area contributed by atoms with Crippen LogP contribution in [0.3, 0.4) is 0 Å². The fourth-order valence-electron chi connectivity index (χ4n) is 1.65. The Balaban J connectivity index is 2.22. The van der Waals surface area contributed by atoms with Crippen molar-refractivity contribution in [3.63, 3.8) is 0 Å². The van der Waals surface area contributed by atoms with E-state index in [2.05, 4.69) is 61.9 Å². The molecule has 1 aromatic carbocycles. The molecule has 0 unspecified atom stereocenters. The summed E-state index contributed by atoms with van der Waals surface area (Å²) in [4.78, 5) is 4.31. The first-order chi connectivity index (χ1) is 8.04. The quantitative estimate of drug-likeness (QED) is 0.670. The summed E-state index contributed by atoms with van der Waals surface area (Å²) in [6.07, 6.45) is 2.63. The Labute approximate surface area is 103 Å². The zero-order valence-electron chi connectivity index (χ0n) is 10.6. The van der Waals surface area contributed by atoms with Gasteiger partial charge < -0.3 is 0 Å². The molecule has 0 aliphatic carbocycles. The highest BCUT2D eigenvalue weighted by Crippen LogP contribution is 2.14. The van der Waals surface area contributed by atoms with Crippen molar-refractivity contribution < 1.29 is 0 Å². The zero-order chi connectivity index (χ0) is 12.3. The highest BCUT2D eigenvalue weighted by atomic mass is 14.6. The van der Waals surface area contributed by atoms with E-state index in [-0.39, 0.29) is 5.41 Å². The van der Waals surface area contributed by atoms with Crippen LogP contribution < -0.4 is 0 Å². The van der Waals surface area contributed by atoms with E-state index in [9.17, 15) is 0 Å². The lowest BCUT2D eigenvalue weighted by atomic mass is 9.97. The molecule has 0 bridgehead atoms. The summed E-state index contributed by atoms with van der Waals surface area (Å²) in [7, 11) is 0. The van der Waals surface area contributed by atoms with Gasteiger partial charge in [-0.05, 0) is 44.5 Å². The monoisotopic (exact) mass is 223 g/mol. The summed E-state index contributed by atoms with van der Waals surface area (Å²) in [5, 5.41) is 1.18. The number of hydrogen-bond acceptors (Lipinski definition) is 1. The molecule has 1 heteroatoms. The Morgan fingerprint density at radius 1 is 1.18 bits per heavy atom. The van der Waals surface area contributed by atoms with Crippen molar-refractivity contribution >= 4 is 10.9 Å². The number of fused-ring (bicyclic) bond motifs is 1. The van der Waals surface area contributed by atoms with Gasteiger partial charge in [-0.25, -0.2) is 0 Å². The molecular weight excluding hydrogens is 206 g/mol. The largest absolute Gasteiger partial charge is 0.256 e. The van der Waals surface area contributed by atoms with Crippen molar-refractivity contribution in [2.45, 2.75) is 27.2 Å². The van der Waals surface area contributed by atoms with Crippen LogP contribution in [0.1, 0.15) is 26.3 Å². The van der Waals surface area contributed by atoms with Crippen molar-refractivity contribution in [2.75, 3.05) is 0 Å². The second-order valence-corrected chi connectivity index (χ2v) is 5.26. The van der Waals surface area contributed by atoms with Gasteiger partial charge in [-0.3, -0.25) is 4.98 Å². The highest BCUT2D eigenvalue weighted by Gasteiger charge is 2.03. The number of rotatable bonds is 1. The lowest BCUT2D eigenvalue weighted by Crippen LogP contribution is -1.99. The van der Waals surface area contributed by atoms with Gasteiger partial charge in [-0.2, -0.15) is 0 Å². The lowest BCUT2D eigenvalue weighted by Gasteiger charge is -2.06. The predicted molar refractivity (Wildman–Crippen MR) is 72.7 cm³/mol. The summed E-state index contributed by atoms with van der Waals surface area (Å²) in [5.41, 5.74) is 2.38. The van der Waals surface area contributed by atoms with E-state index in [0.717, 1.165) is 11.9 Å². The van der Waals surface area contributed by atoms with Crippen LogP contribution >= 0.6 is 0 Å². The molecule has 1 nitrogen and oxygen atoms in total. The van der Waals surface area contributed by atoms with Crippen molar-refractivity contribution in [1.82, 2.24) is 4.98 Å². The van der Waals surface area contributed by atoms with Crippen LogP contribution in [0.15, 0.2) is 36.5 Å². The normalized spacial score (nSPS) is 11.0. The molecule has 0 atom stereocenters. The van der Waals surface area contributed by atoms with E-state index in [4.69, 9.17) is 0 Å². The molecule has 2 rings (SSSR count). The van der Waals surface area contributed by atoms with Crippen LogP contribution in [0.5, 0.6) is 0 Å². The summed E-state index contributed by atoms with van der Waals surface area (Å²) in [6.45, 7) is 6.39. The third-order valence-corrected chi connectivity index (χ3v) is 2.42. The van der Waals surface area contributed by atoms with Crippen molar-refractivity contribution in [2.24, 2.45) is 5.41 Å². The molecule has 1 aromatic heterocycles. The highest BCUT2D eigenvalue weighted by molar-refractivity contribution is 5.78. The molecule has 0 aliphatic rings. The van der Waals surface area contributed by atoms with Gasteiger partial charge in [0.15, 0.2) is 0 Å². The van der Waals surface area contributed by atoms with Gasteiger partial charge in [-0.1, -0.05) is 24.0 Å². The van der Waals surface area contributed by atoms with E-state index < -0.39 is 0 Å². The summed E-state index contributed by atoms with van der Waals surface area (Å²) in [5.74, 6) is 6.49. The first-order valence-corrected chi connectivity index (χ1v) is 5.88. The average molecular weight is 223 g/mol. The molecule has 2 aromatic rings. The Morgan fingerprint density at radius 3 is 2.76 bits per heavy atom. The van der Waals surface area contributed by atoms with E-state index in [1.165, 1.54) is 10.9 Å². The standard InChI is InChI=1S/C16H17N/c1-16(2,3)10-4-6-13-8-9-15-14(12-13)7-5-11-17-15/h5,7-9,11-12H,6H2,1-3H3. The van der Waals surface area contributed by atoms with Gasteiger partial charge in [0.25, 0.3) is 0 Å². The van der Waals surface area contributed by atoms with Gasteiger partial charge in [0.1, 0.15) is 0 Å². The Bertz CT molecular complexity index is 579. The first kappa shape index (κ1) is 11.7. The number of benzene rings is 1. The summed E-state index contributed by atoms with van der Waals surface area (Å²) < 4.78 is 0. The smallest absolute Gasteiger partial charge is 0.0702 e. The number of hydrogen-bond donors (Lipinski definition) is 0. The topological polar surface area (TPSA) is 12.9 Å². The minimum Gasteiger partial charge on any atom is -0.256 e. The number of nitrogens with zero attached hydrogens (tertiary/aromatic N) is 1. The third-order valence-electron chi connectivity index (χ3n) is 2.42. The molecule has 0 saturated heterocycles. The molecule has 0 radical (unpaired) electrons. The van der Waals surface area contributed by atoms with E-state index >= 15 is 0 Å². The lowest BCUT2D eigenvalue weighted by molar-refractivity contribution is 0.570. The third kappa shape index (κ3) is 3.32. The van der Waals surface area contributed by atoms with Crippen LogP contribution in [0.25, 0.3) is 10.9 Å². The van der Waals surface area contributed by atoms with Gasteiger partial charge >= 0.3 is 0 Å². The number of aromatic nitrogens is 1. The minimum atomic E-state index is 0.0817. The maximum absolute atomic E-state index is 4.31. The second-order valence-electron chi connectivity index (χ2n) is 5.26. The SMILES string of the molecule is CC(C)(C)C#CCc1ccc2ncccc2c1. The van der Waals surface area contributed by atoms with Crippen LogP contribution in [-0.2, 0) is 6.42 Å². The zero-order valence-corrected chi connectivity index (χ0v) is 10.6. The van der Waals surface area contributed by atoms with Crippen molar-refractivity contribution in [1.29, 1.82) is 0 Å². The molecule has 0 amide bonds. The molecule has 0 aliphatic heterocycles. The molecule has 0 N–H and O–H groups in total. The molecule has 0 spiro atoms. The number of pyridine rings is 1. The molecule has 1 heterocycles. The van der Waals surface area contributed by atoms with Gasteiger partial charge in [0.05, 0.1) is 5.52 Å². The minimum absolute atomic E-state index is 0.0817. The Hall–Kier alpha value is -1.81. The van der Waals surface area contributed by atoms with Gasteiger partial charge in [-0.15, -0.1) is 0 Å². The Kier molecular flexibility index (Phi) is 3.15. The molecule has 86 valence electrons. The maximum atomic E-state index is 4.31. The van der Waals surface area contributed by atoms with E-state index in [0.29, 0.717) is 0 Å².